The molecule has 4 rings (SSSR count). The van der Waals surface area contributed by atoms with Gasteiger partial charge in [0.1, 0.15) is 11.6 Å². The Morgan fingerprint density at radius 3 is 2.85 bits per heavy atom. The Morgan fingerprint density at radius 1 is 1.12 bits per heavy atom. The van der Waals surface area contributed by atoms with E-state index in [1.165, 1.54) is 6.07 Å². The van der Waals surface area contributed by atoms with Crippen molar-refractivity contribution in [2.75, 3.05) is 54.4 Å². The van der Waals surface area contributed by atoms with Crippen LogP contribution in [0.5, 0.6) is 0 Å². The van der Waals surface area contributed by atoms with Gasteiger partial charge in [0, 0.05) is 57.2 Å². The summed E-state index contributed by atoms with van der Waals surface area (Å²) in [6.07, 6.45) is 3.94. The number of piperidine rings is 1. The second kappa shape index (κ2) is 7.86. The van der Waals surface area contributed by atoms with Crippen LogP contribution in [0.15, 0.2) is 36.5 Å². The number of aromatic nitrogens is 2. The Morgan fingerprint density at radius 2 is 2.00 bits per heavy atom. The third-order valence-corrected chi connectivity index (χ3v) is 5.01. The van der Waals surface area contributed by atoms with Gasteiger partial charge in [-0.15, -0.1) is 0 Å². The number of hydrogen-bond donors (Lipinski definition) is 2. The predicted octanol–water partition coefficient (Wildman–Crippen LogP) is 2.11. The minimum absolute atomic E-state index is 0.190. The highest BCUT2D eigenvalue weighted by Crippen LogP contribution is 2.22. The summed E-state index contributed by atoms with van der Waals surface area (Å²) in [7, 11) is 0. The quantitative estimate of drug-likeness (QED) is 0.875. The topological polar surface area (TPSA) is 56.3 Å². The van der Waals surface area contributed by atoms with Crippen LogP contribution in [0.3, 0.4) is 0 Å². The molecule has 2 aromatic rings. The number of halogens is 1. The number of anilines is 3. The first-order chi connectivity index (χ1) is 12.8. The Kier molecular flexibility index (Phi) is 5.15. The van der Waals surface area contributed by atoms with E-state index in [-0.39, 0.29) is 11.9 Å². The summed E-state index contributed by atoms with van der Waals surface area (Å²) in [5, 5.41) is 6.83. The third-order valence-electron chi connectivity index (χ3n) is 5.01. The van der Waals surface area contributed by atoms with Gasteiger partial charge in [0.15, 0.2) is 0 Å². The molecule has 0 radical (unpaired) electrons. The van der Waals surface area contributed by atoms with Crippen molar-refractivity contribution in [1.29, 1.82) is 0 Å². The van der Waals surface area contributed by atoms with Crippen molar-refractivity contribution in [3.05, 3.63) is 42.3 Å². The summed E-state index contributed by atoms with van der Waals surface area (Å²) >= 11 is 0. The summed E-state index contributed by atoms with van der Waals surface area (Å²) in [6, 6.07) is 9.04. The van der Waals surface area contributed by atoms with E-state index in [1.54, 1.807) is 12.1 Å². The zero-order chi connectivity index (χ0) is 17.8. The molecule has 2 N–H and O–H groups in total. The number of nitrogens with one attached hydrogen (secondary N) is 2. The lowest BCUT2D eigenvalue weighted by Crippen LogP contribution is -2.44. The van der Waals surface area contributed by atoms with Crippen molar-refractivity contribution >= 4 is 17.5 Å². The summed E-state index contributed by atoms with van der Waals surface area (Å²) in [5.41, 5.74) is 0.937. The van der Waals surface area contributed by atoms with Crippen molar-refractivity contribution in [3.8, 4) is 0 Å². The number of rotatable bonds is 4. The lowest BCUT2D eigenvalue weighted by Gasteiger charge is -2.35. The van der Waals surface area contributed by atoms with Crippen molar-refractivity contribution < 1.29 is 4.39 Å². The first-order valence-corrected chi connectivity index (χ1v) is 9.34. The number of hydrogen-bond acceptors (Lipinski definition) is 6. The fourth-order valence-electron chi connectivity index (χ4n) is 3.67. The molecule has 2 saturated heterocycles. The van der Waals surface area contributed by atoms with Crippen LogP contribution in [-0.2, 0) is 0 Å². The van der Waals surface area contributed by atoms with Gasteiger partial charge in [-0.1, -0.05) is 6.07 Å². The normalized spacial score (nSPS) is 20.9. The van der Waals surface area contributed by atoms with Crippen molar-refractivity contribution in [2.24, 2.45) is 0 Å². The highest BCUT2D eigenvalue weighted by Gasteiger charge is 2.21. The highest BCUT2D eigenvalue weighted by atomic mass is 19.1. The molecule has 2 aliphatic heterocycles. The molecule has 1 aromatic heterocycles. The van der Waals surface area contributed by atoms with Gasteiger partial charge in [-0.05, 0) is 37.1 Å². The van der Waals surface area contributed by atoms with Gasteiger partial charge in [0.2, 0.25) is 5.95 Å². The van der Waals surface area contributed by atoms with Gasteiger partial charge >= 0.3 is 0 Å². The molecular formula is C19H25FN6. The lowest BCUT2D eigenvalue weighted by molar-refractivity contribution is 0.525. The number of piperazine rings is 1. The van der Waals surface area contributed by atoms with E-state index in [0.717, 1.165) is 63.6 Å². The Balaban J connectivity index is 1.42. The molecular weight excluding hydrogens is 331 g/mol. The van der Waals surface area contributed by atoms with Crippen LogP contribution in [0.1, 0.15) is 12.8 Å². The van der Waals surface area contributed by atoms with E-state index < -0.39 is 0 Å². The molecule has 26 heavy (non-hydrogen) atoms. The van der Waals surface area contributed by atoms with Crippen LogP contribution < -0.4 is 20.4 Å². The Hall–Kier alpha value is -2.41. The maximum atomic E-state index is 13.5. The molecule has 1 aromatic carbocycles. The molecule has 1 atom stereocenters. The van der Waals surface area contributed by atoms with E-state index in [4.69, 9.17) is 4.98 Å². The van der Waals surface area contributed by atoms with Crippen LogP contribution in [0.2, 0.25) is 0 Å². The SMILES string of the molecule is Fc1cccc(N2CCCC(Nc3nccc(N4CCNCC4)n3)C2)c1. The van der Waals surface area contributed by atoms with Crippen molar-refractivity contribution in [1.82, 2.24) is 15.3 Å². The van der Waals surface area contributed by atoms with Crippen LogP contribution in [0.25, 0.3) is 0 Å². The average molecular weight is 356 g/mol. The van der Waals surface area contributed by atoms with Crippen molar-refractivity contribution in [2.45, 2.75) is 18.9 Å². The monoisotopic (exact) mass is 356 g/mol. The van der Waals surface area contributed by atoms with Crippen LogP contribution >= 0.6 is 0 Å². The van der Waals surface area contributed by atoms with E-state index in [0.29, 0.717) is 5.95 Å². The van der Waals surface area contributed by atoms with E-state index in [9.17, 15) is 4.39 Å². The van der Waals surface area contributed by atoms with Gasteiger partial charge in [-0.2, -0.15) is 4.98 Å². The van der Waals surface area contributed by atoms with E-state index in [1.807, 2.05) is 18.3 Å². The predicted molar refractivity (Wildman–Crippen MR) is 102 cm³/mol. The van der Waals surface area contributed by atoms with Gasteiger partial charge in [-0.3, -0.25) is 0 Å². The molecule has 1 unspecified atom stereocenters. The molecule has 0 bridgehead atoms. The lowest BCUT2D eigenvalue weighted by atomic mass is 10.1. The van der Waals surface area contributed by atoms with E-state index >= 15 is 0 Å². The van der Waals surface area contributed by atoms with E-state index in [2.05, 4.69) is 25.4 Å². The van der Waals surface area contributed by atoms with Gasteiger partial charge in [0.25, 0.3) is 0 Å². The first kappa shape index (κ1) is 17.0. The molecule has 0 spiro atoms. The standard InChI is InChI=1S/C19H25FN6/c20-15-3-1-5-17(13-15)26-10-2-4-16(14-26)23-19-22-7-6-18(24-19)25-11-8-21-9-12-25/h1,3,5-7,13,16,21H,2,4,8-12,14H2,(H,22,23,24). The fraction of sp³-hybridized carbons (Fsp3) is 0.474. The average Bonchev–Trinajstić information content (AvgIpc) is 2.69. The molecule has 0 saturated carbocycles. The Bertz CT molecular complexity index is 733. The summed E-state index contributed by atoms with van der Waals surface area (Å²) in [6.45, 7) is 5.67. The van der Waals surface area contributed by atoms with Gasteiger partial charge in [-0.25, -0.2) is 9.37 Å². The largest absolute Gasteiger partial charge is 0.369 e. The summed E-state index contributed by atoms with van der Waals surface area (Å²) in [4.78, 5) is 13.6. The maximum absolute atomic E-state index is 13.5. The number of nitrogens with zero attached hydrogens (tertiary/aromatic N) is 4. The molecule has 0 amide bonds. The Labute approximate surface area is 153 Å². The third kappa shape index (κ3) is 4.04. The van der Waals surface area contributed by atoms with Crippen LogP contribution in [0.4, 0.5) is 21.8 Å². The molecule has 7 heteroatoms. The fourth-order valence-corrected chi connectivity index (χ4v) is 3.67. The smallest absolute Gasteiger partial charge is 0.224 e. The van der Waals surface area contributed by atoms with Crippen molar-refractivity contribution in [3.63, 3.8) is 0 Å². The van der Waals surface area contributed by atoms with Gasteiger partial charge < -0.3 is 20.4 Å². The summed E-state index contributed by atoms with van der Waals surface area (Å²) < 4.78 is 13.5. The molecule has 0 aliphatic carbocycles. The molecule has 138 valence electrons. The van der Waals surface area contributed by atoms with Crippen LogP contribution in [-0.4, -0.2) is 55.3 Å². The maximum Gasteiger partial charge on any atom is 0.224 e. The zero-order valence-electron chi connectivity index (χ0n) is 14.9. The van der Waals surface area contributed by atoms with Crippen LogP contribution in [0, 0.1) is 5.82 Å². The minimum Gasteiger partial charge on any atom is -0.369 e. The first-order valence-electron chi connectivity index (χ1n) is 9.34. The minimum atomic E-state index is -0.190. The summed E-state index contributed by atoms with van der Waals surface area (Å²) in [5.74, 6) is 1.46. The number of benzene rings is 1. The second-order valence-electron chi connectivity index (χ2n) is 6.88. The second-order valence-corrected chi connectivity index (χ2v) is 6.88. The zero-order valence-corrected chi connectivity index (χ0v) is 14.9. The molecule has 2 fully saturated rings. The highest BCUT2D eigenvalue weighted by molar-refractivity contribution is 5.48. The van der Waals surface area contributed by atoms with Gasteiger partial charge in [0.05, 0.1) is 0 Å². The molecule has 6 nitrogen and oxygen atoms in total. The molecule has 2 aliphatic rings. The molecule has 3 heterocycles.